The Morgan fingerprint density at radius 1 is 1.45 bits per heavy atom. The minimum atomic E-state index is -0.538. The van der Waals surface area contributed by atoms with Crippen LogP contribution in [0.2, 0.25) is 0 Å². The Labute approximate surface area is 124 Å². The number of carbonyl (C=O) groups excluding carboxylic acids is 1. The molecule has 3 aromatic rings. The number of aromatic nitrogens is 4. The summed E-state index contributed by atoms with van der Waals surface area (Å²) >= 11 is 0. The van der Waals surface area contributed by atoms with Gasteiger partial charge >= 0.3 is 0 Å². The van der Waals surface area contributed by atoms with Crippen molar-refractivity contribution in [2.45, 2.75) is 19.8 Å². The van der Waals surface area contributed by atoms with E-state index in [9.17, 15) is 14.0 Å². The van der Waals surface area contributed by atoms with Crippen LogP contribution in [0.25, 0.3) is 16.6 Å². The number of hydrogen-bond donors (Lipinski definition) is 2. The Bertz CT molecular complexity index is 915. The maximum atomic E-state index is 13.2. The summed E-state index contributed by atoms with van der Waals surface area (Å²) in [7, 11) is 0. The van der Waals surface area contributed by atoms with Gasteiger partial charge in [0.05, 0.1) is 11.0 Å². The summed E-state index contributed by atoms with van der Waals surface area (Å²) in [5.74, 6) is -0.921. The zero-order valence-electron chi connectivity index (χ0n) is 11.9. The van der Waals surface area contributed by atoms with Gasteiger partial charge < -0.3 is 10.3 Å². The van der Waals surface area contributed by atoms with Crippen LogP contribution in [0.5, 0.6) is 0 Å². The first-order chi connectivity index (χ1) is 10.6. The maximum absolute atomic E-state index is 13.2. The van der Waals surface area contributed by atoms with E-state index in [4.69, 9.17) is 0 Å². The number of unbranched alkanes of at least 4 members (excludes halogenated alkanes) is 1. The van der Waals surface area contributed by atoms with E-state index >= 15 is 0 Å². The second-order valence-electron chi connectivity index (χ2n) is 4.92. The van der Waals surface area contributed by atoms with Crippen LogP contribution >= 0.6 is 0 Å². The van der Waals surface area contributed by atoms with Crippen molar-refractivity contribution in [3.63, 3.8) is 0 Å². The van der Waals surface area contributed by atoms with E-state index in [1.807, 2.05) is 6.92 Å². The van der Waals surface area contributed by atoms with E-state index in [-0.39, 0.29) is 11.2 Å². The topological polar surface area (TPSA) is 92.2 Å². The first-order valence-corrected chi connectivity index (χ1v) is 6.97. The van der Waals surface area contributed by atoms with Gasteiger partial charge in [-0.3, -0.25) is 9.59 Å². The van der Waals surface area contributed by atoms with Crippen molar-refractivity contribution in [3.05, 3.63) is 40.1 Å². The van der Waals surface area contributed by atoms with Crippen LogP contribution in [0, 0.1) is 5.82 Å². The number of halogens is 1. The van der Waals surface area contributed by atoms with Crippen molar-refractivity contribution in [3.8, 4) is 0 Å². The third-order valence-electron chi connectivity index (χ3n) is 3.35. The van der Waals surface area contributed by atoms with Crippen molar-refractivity contribution in [1.29, 1.82) is 0 Å². The number of H-pyrrole nitrogens is 1. The number of benzene rings is 1. The molecule has 0 aliphatic heterocycles. The van der Waals surface area contributed by atoms with Gasteiger partial charge in [0, 0.05) is 6.54 Å². The summed E-state index contributed by atoms with van der Waals surface area (Å²) in [6.45, 7) is 2.51. The van der Waals surface area contributed by atoms with Crippen molar-refractivity contribution in [1.82, 2.24) is 25.1 Å². The van der Waals surface area contributed by atoms with Gasteiger partial charge in [0.1, 0.15) is 5.82 Å². The van der Waals surface area contributed by atoms with Crippen molar-refractivity contribution >= 4 is 22.5 Å². The fourth-order valence-corrected chi connectivity index (χ4v) is 2.24. The SMILES string of the molecule is CCCCNC(=O)c1nnn2c1c(=O)[nH]c1cc(F)ccc12. The largest absolute Gasteiger partial charge is 0.351 e. The van der Waals surface area contributed by atoms with Gasteiger partial charge in [-0.1, -0.05) is 18.6 Å². The van der Waals surface area contributed by atoms with Gasteiger partial charge in [-0.05, 0) is 24.6 Å². The van der Waals surface area contributed by atoms with Gasteiger partial charge in [0.25, 0.3) is 11.5 Å². The molecule has 0 fully saturated rings. The fraction of sp³-hybridized carbons (Fsp3) is 0.286. The van der Waals surface area contributed by atoms with Gasteiger partial charge in [0.2, 0.25) is 0 Å². The first kappa shape index (κ1) is 14.2. The molecule has 0 unspecified atom stereocenters. The summed E-state index contributed by atoms with van der Waals surface area (Å²) in [5, 5.41) is 10.3. The molecule has 0 saturated carbocycles. The molecule has 22 heavy (non-hydrogen) atoms. The van der Waals surface area contributed by atoms with Crippen molar-refractivity contribution < 1.29 is 9.18 Å². The molecule has 0 saturated heterocycles. The van der Waals surface area contributed by atoms with Gasteiger partial charge in [0.15, 0.2) is 11.2 Å². The molecule has 0 atom stereocenters. The molecule has 2 heterocycles. The number of aromatic amines is 1. The van der Waals surface area contributed by atoms with Gasteiger partial charge in [-0.2, -0.15) is 0 Å². The number of rotatable bonds is 4. The normalized spacial score (nSPS) is 11.2. The second kappa shape index (κ2) is 5.55. The van der Waals surface area contributed by atoms with E-state index in [0.717, 1.165) is 12.8 Å². The maximum Gasteiger partial charge on any atom is 0.277 e. The lowest BCUT2D eigenvalue weighted by molar-refractivity contribution is 0.0949. The second-order valence-corrected chi connectivity index (χ2v) is 4.92. The molecular weight excluding hydrogens is 289 g/mol. The standard InChI is InChI=1S/C14H14FN5O2/c1-2-3-6-16-13(21)11-12-14(22)17-9-7-8(15)4-5-10(9)20(12)19-18-11/h4-5,7H,2-3,6H2,1H3,(H,16,21)(H,17,22). The molecule has 1 amide bonds. The molecule has 0 aliphatic carbocycles. The summed E-state index contributed by atoms with van der Waals surface area (Å²) in [4.78, 5) is 26.8. The quantitative estimate of drug-likeness (QED) is 0.709. The van der Waals surface area contributed by atoms with Crippen molar-refractivity contribution in [2.24, 2.45) is 0 Å². The Hall–Kier alpha value is -2.77. The number of amides is 1. The molecule has 114 valence electrons. The van der Waals surface area contributed by atoms with Crippen molar-refractivity contribution in [2.75, 3.05) is 6.54 Å². The summed E-state index contributed by atoms with van der Waals surface area (Å²) in [5.41, 5.74) is 0.233. The molecule has 0 bridgehead atoms. The van der Waals surface area contributed by atoms with E-state index in [0.29, 0.717) is 17.6 Å². The first-order valence-electron chi connectivity index (χ1n) is 6.97. The Morgan fingerprint density at radius 2 is 2.27 bits per heavy atom. The Balaban J connectivity index is 2.13. The highest BCUT2D eigenvalue weighted by Crippen LogP contribution is 2.14. The number of fused-ring (bicyclic) bond motifs is 3. The fourth-order valence-electron chi connectivity index (χ4n) is 2.24. The molecule has 3 rings (SSSR count). The van der Waals surface area contributed by atoms with Crippen LogP contribution in [-0.4, -0.2) is 32.3 Å². The summed E-state index contributed by atoms with van der Waals surface area (Å²) in [6, 6.07) is 3.92. The Morgan fingerprint density at radius 3 is 3.05 bits per heavy atom. The third-order valence-corrected chi connectivity index (χ3v) is 3.35. The highest BCUT2D eigenvalue weighted by atomic mass is 19.1. The van der Waals surface area contributed by atoms with E-state index in [1.165, 1.54) is 22.7 Å². The predicted molar refractivity (Wildman–Crippen MR) is 78.3 cm³/mol. The van der Waals surface area contributed by atoms with Gasteiger partial charge in [-0.15, -0.1) is 5.10 Å². The van der Waals surface area contributed by atoms with Crippen LogP contribution in [0.4, 0.5) is 4.39 Å². The highest BCUT2D eigenvalue weighted by molar-refractivity contribution is 5.99. The van der Waals surface area contributed by atoms with E-state index < -0.39 is 17.3 Å². The smallest absolute Gasteiger partial charge is 0.277 e. The zero-order valence-corrected chi connectivity index (χ0v) is 11.9. The van der Waals surface area contributed by atoms with E-state index in [1.54, 1.807) is 0 Å². The predicted octanol–water partition coefficient (Wildman–Crippen LogP) is 1.24. The van der Waals surface area contributed by atoms with E-state index in [2.05, 4.69) is 20.6 Å². The average Bonchev–Trinajstić information content (AvgIpc) is 2.93. The average molecular weight is 303 g/mol. The molecule has 1 aromatic carbocycles. The third kappa shape index (κ3) is 2.32. The monoisotopic (exact) mass is 303 g/mol. The van der Waals surface area contributed by atoms with Gasteiger partial charge in [-0.25, -0.2) is 8.91 Å². The van der Waals surface area contributed by atoms with Crippen LogP contribution < -0.4 is 10.9 Å². The minimum absolute atomic E-state index is 0.0384. The lowest BCUT2D eigenvalue weighted by Crippen LogP contribution is -2.26. The summed E-state index contributed by atoms with van der Waals surface area (Å²) < 4.78 is 14.5. The Kier molecular flexibility index (Phi) is 3.58. The minimum Gasteiger partial charge on any atom is -0.351 e. The number of nitrogens with zero attached hydrogens (tertiary/aromatic N) is 3. The zero-order chi connectivity index (χ0) is 15.7. The molecular formula is C14H14FN5O2. The molecule has 7 nitrogen and oxygen atoms in total. The molecule has 2 N–H and O–H groups in total. The lowest BCUT2D eigenvalue weighted by atomic mass is 10.2. The number of carbonyl (C=O) groups is 1. The number of hydrogen-bond acceptors (Lipinski definition) is 4. The molecule has 0 aliphatic rings. The van der Waals surface area contributed by atoms with Crippen LogP contribution in [0.3, 0.4) is 0 Å². The van der Waals surface area contributed by atoms with Crippen LogP contribution in [0.1, 0.15) is 30.3 Å². The molecule has 8 heteroatoms. The summed E-state index contributed by atoms with van der Waals surface area (Å²) in [6.07, 6.45) is 1.78. The van der Waals surface area contributed by atoms with Crippen LogP contribution in [-0.2, 0) is 0 Å². The van der Waals surface area contributed by atoms with Crippen LogP contribution in [0.15, 0.2) is 23.0 Å². The lowest BCUT2D eigenvalue weighted by Gasteiger charge is -2.02. The highest BCUT2D eigenvalue weighted by Gasteiger charge is 2.19. The number of nitrogens with one attached hydrogen (secondary N) is 2. The molecule has 2 aromatic heterocycles. The molecule has 0 spiro atoms. The molecule has 0 radical (unpaired) electrons.